The summed E-state index contributed by atoms with van der Waals surface area (Å²) in [7, 11) is 2.80. The maximum atomic E-state index is 11.8. The van der Waals surface area contributed by atoms with E-state index in [1.807, 2.05) is 35.8 Å². The molecule has 0 aromatic heterocycles. The molecule has 0 aliphatic heterocycles. The van der Waals surface area contributed by atoms with Gasteiger partial charge < -0.3 is 37.3 Å². The molecule has 0 amide bonds. The number of rotatable bonds is 5. The van der Waals surface area contributed by atoms with Crippen LogP contribution in [0.2, 0.25) is 23.1 Å². The first-order valence-electron chi connectivity index (χ1n) is 8.39. The Bertz CT molecular complexity index is 604. The van der Waals surface area contributed by atoms with Gasteiger partial charge in [0.25, 0.3) is 0 Å². The maximum Gasteiger partial charge on any atom is 2.00 e. The smallest absolute Gasteiger partial charge is 0.628 e. The Hall–Kier alpha value is 0.312. The van der Waals surface area contributed by atoms with Crippen LogP contribution in [0.25, 0.3) is 0 Å². The molecule has 1 rings (SSSR count). The molecule has 0 spiro atoms. The average molecular weight is 573 g/mol. The zero-order chi connectivity index (χ0) is 19.4. The first kappa shape index (κ1) is 48.7. The average Bonchev–Trinajstić information content (AvgIpc) is 2.54. The van der Waals surface area contributed by atoms with Crippen LogP contribution in [0.15, 0.2) is 34.3 Å². The Morgan fingerprint density at radius 1 is 0.903 bits per heavy atom. The topological polar surface area (TPSA) is 60.3 Å². The van der Waals surface area contributed by atoms with Gasteiger partial charge in [0, 0.05) is 22.0 Å². The molecule has 1 aromatic rings. The Morgan fingerprint density at radius 3 is 1.71 bits per heavy atom. The molecule has 0 aliphatic rings. The Morgan fingerprint density at radius 2 is 1.35 bits per heavy atom. The van der Waals surface area contributed by atoms with E-state index in [4.69, 9.17) is 7.58 Å². The van der Waals surface area contributed by atoms with Crippen molar-refractivity contribution in [2.24, 2.45) is 9.98 Å². The van der Waals surface area contributed by atoms with Crippen LogP contribution in [0, 0.1) is 29.7 Å². The fourth-order valence-electron chi connectivity index (χ4n) is 1.87. The second kappa shape index (κ2) is 28.3. The van der Waals surface area contributed by atoms with Crippen molar-refractivity contribution in [3.8, 4) is 0 Å². The molecule has 0 bridgehead atoms. The van der Waals surface area contributed by atoms with Crippen LogP contribution < -0.4 is 5.30 Å². The molecule has 31 heavy (non-hydrogen) atoms. The van der Waals surface area contributed by atoms with Crippen molar-refractivity contribution >= 4 is 60.3 Å². The van der Waals surface area contributed by atoms with Gasteiger partial charge in [0.1, 0.15) is 5.30 Å². The number of carbonyl (C=O) groups is 1. The van der Waals surface area contributed by atoms with Gasteiger partial charge >= 0.3 is 67.9 Å². The zero-order valence-corrected chi connectivity index (χ0v) is 26.6. The van der Waals surface area contributed by atoms with E-state index in [9.17, 15) is 4.79 Å². The second-order valence-electron chi connectivity index (χ2n) is 6.12. The van der Waals surface area contributed by atoms with Gasteiger partial charge in [-0.25, -0.2) is 4.79 Å². The van der Waals surface area contributed by atoms with Crippen LogP contribution in [0.1, 0.15) is 10.4 Å². The standard InChI is InChI=1S/C9H11O2P.C4H8N2O.8CH3.2Al.2Ni/c1-12(2)8-6-4-3-5-7(8)9(10)11;1-5-3-4(7)6-2;;;;;;;;;;;;/h3-6H,1-2H3,(H,10,11);3H,1-2H3,(H,6,7);8*1H3;;;;/q;;;;;;4*-1;2*+1;2*+2/p-1. The van der Waals surface area contributed by atoms with E-state index in [1.54, 1.807) is 20.3 Å². The fourth-order valence-corrected chi connectivity index (χ4v) is 4.23. The summed E-state index contributed by atoms with van der Waals surface area (Å²) < 4.78 is 10.7. The third kappa shape index (κ3) is 23.3. The number of nitrogens with zero attached hydrogens (tertiary/aromatic N) is 2. The van der Waals surface area contributed by atoms with Crippen LogP contribution in [0.5, 0.6) is 0 Å². The van der Waals surface area contributed by atoms with Crippen LogP contribution in [0.4, 0.5) is 0 Å². The van der Waals surface area contributed by atoms with E-state index in [0.717, 1.165) is 5.56 Å². The molecule has 0 saturated carbocycles. The molecule has 0 radical (unpaired) electrons. The maximum absolute atomic E-state index is 11.8. The second-order valence-corrected chi connectivity index (χ2v) is 13.3. The Kier molecular flexibility index (Phi) is 44.5. The SMILES string of the molecule is CN=CC(=NC)[O][Al]([CH3])[CH3].[CH3-].[CH3-].[CH3-].[CH3-].[CH3][Al]([CH3])[O]C(=O)c1ccccc1[PH+](C)C.[Ni+2].[Ni+2]. The van der Waals surface area contributed by atoms with E-state index in [2.05, 4.69) is 34.9 Å². The van der Waals surface area contributed by atoms with E-state index in [-0.39, 0.29) is 68.7 Å². The van der Waals surface area contributed by atoms with Gasteiger partial charge in [-0.3, -0.25) is 9.98 Å². The summed E-state index contributed by atoms with van der Waals surface area (Å²) in [4.78, 5) is 19.5. The van der Waals surface area contributed by atoms with Crippen LogP contribution >= 0.6 is 7.92 Å². The minimum absolute atomic E-state index is 0. The van der Waals surface area contributed by atoms with E-state index >= 15 is 0 Å². The largest absolute Gasteiger partial charge is 2.00 e. The normalized spacial score (nSPS) is 8.87. The van der Waals surface area contributed by atoms with E-state index in [1.165, 1.54) is 5.30 Å². The third-order valence-corrected chi connectivity index (χ3v) is 5.76. The zero-order valence-electron chi connectivity index (χ0n) is 21.3. The fraction of sp³-hybridized carbons (Fsp3) is 0.381. The monoisotopic (exact) mass is 571 g/mol. The van der Waals surface area contributed by atoms with Crippen molar-refractivity contribution in [2.45, 2.75) is 23.1 Å². The molecule has 0 fully saturated rings. The van der Waals surface area contributed by atoms with Crippen LogP contribution in [-0.2, 0) is 40.6 Å². The Labute approximate surface area is 224 Å². The van der Waals surface area contributed by atoms with Gasteiger partial charge in [0.05, 0.1) is 25.1 Å². The molecule has 0 heterocycles. The predicted molar refractivity (Wildman–Crippen MR) is 141 cm³/mol. The Balaban J connectivity index is -0.0000000656. The number of hydrogen-bond donors (Lipinski definition) is 0. The van der Waals surface area contributed by atoms with Crippen molar-refractivity contribution < 1.29 is 45.4 Å². The molecular formula is C21H42Al2N2Ni2O3P+. The molecule has 0 atom stereocenters. The van der Waals surface area contributed by atoms with Crippen molar-refractivity contribution in [1.29, 1.82) is 0 Å². The molecule has 1 aromatic carbocycles. The van der Waals surface area contributed by atoms with Crippen molar-refractivity contribution in [3.05, 3.63) is 59.5 Å². The molecular weight excluding hydrogens is 531 g/mol. The van der Waals surface area contributed by atoms with E-state index < -0.39 is 36.9 Å². The van der Waals surface area contributed by atoms with Gasteiger partial charge in [-0.15, -0.1) is 0 Å². The number of hydrogen-bond acceptors (Lipinski definition) is 5. The molecule has 0 aliphatic carbocycles. The summed E-state index contributed by atoms with van der Waals surface area (Å²) in [6.07, 6.45) is 1.63. The van der Waals surface area contributed by atoms with Crippen LogP contribution in [-0.4, -0.2) is 74.5 Å². The van der Waals surface area contributed by atoms with Gasteiger partial charge in [-0.2, -0.15) is 0 Å². The molecule has 0 N–H and O–H groups in total. The minimum atomic E-state index is -1.29. The molecule has 5 nitrogen and oxygen atoms in total. The minimum Gasteiger partial charge on any atom is -0.628 e. The van der Waals surface area contributed by atoms with Crippen LogP contribution in [0.3, 0.4) is 0 Å². The quantitative estimate of drug-likeness (QED) is 0.165. The first-order chi connectivity index (χ1) is 11.7. The van der Waals surface area contributed by atoms with Gasteiger partial charge in [-0.05, 0) is 12.1 Å². The first-order valence-corrected chi connectivity index (χ1v) is 16.4. The molecule has 184 valence electrons. The summed E-state index contributed by atoms with van der Waals surface area (Å²) in [5.41, 5.74) is 0.762. The van der Waals surface area contributed by atoms with Crippen molar-refractivity contribution in [1.82, 2.24) is 0 Å². The summed E-state index contributed by atoms with van der Waals surface area (Å²) in [5, 5.41) is 1.17. The van der Waals surface area contributed by atoms with Crippen molar-refractivity contribution in [3.63, 3.8) is 0 Å². The third-order valence-electron chi connectivity index (χ3n) is 2.84. The van der Waals surface area contributed by atoms with Gasteiger partial charge in [0.2, 0.25) is 0 Å². The van der Waals surface area contributed by atoms with E-state index in [0.29, 0.717) is 5.90 Å². The van der Waals surface area contributed by atoms with Crippen molar-refractivity contribution in [2.75, 3.05) is 27.4 Å². The summed E-state index contributed by atoms with van der Waals surface area (Å²) in [6.45, 7) is 4.37. The number of aliphatic imine (C=N–C) groups is 2. The molecule has 10 heteroatoms. The summed E-state index contributed by atoms with van der Waals surface area (Å²) >= 11 is -2.29. The molecule has 0 saturated heterocycles. The predicted octanol–water partition coefficient (Wildman–Crippen LogP) is 4.97. The number of carbonyl (C=O) groups excluding carboxylic acids is 1. The summed E-state index contributed by atoms with van der Waals surface area (Å²) in [5.74, 6) is 8.69. The van der Waals surface area contributed by atoms with Gasteiger partial charge in [-0.1, -0.05) is 35.3 Å². The van der Waals surface area contributed by atoms with Gasteiger partial charge in [0.15, 0.2) is 5.90 Å². The summed E-state index contributed by atoms with van der Waals surface area (Å²) in [6, 6.07) is 7.78. The number of benzene rings is 1. The molecule has 0 unspecified atom stereocenters.